The van der Waals surface area contributed by atoms with Gasteiger partial charge in [-0.2, -0.15) is 0 Å². The van der Waals surface area contributed by atoms with E-state index in [0.29, 0.717) is 6.04 Å². The zero-order chi connectivity index (χ0) is 11.4. The standard InChI is InChI=1S/C15H17N/c1-12-8-10-14(11-9-12)15(16-2)13-6-4-3-5-7-13/h3-11,15-16H,1-2H3/p+1. The molecule has 0 aromatic heterocycles. The van der Waals surface area contributed by atoms with E-state index in [4.69, 9.17) is 0 Å². The van der Waals surface area contributed by atoms with E-state index < -0.39 is 0 Å². The van der Waals surface area contributed by atoms with E-state index in [1.165, 1.54) is 16.7 Å². The largest absolute Gasteiger partial charge is 0.339 e. The van der Waals surface area contributed by atoms with Crippen molar-refractivity contribution in [3.8, 4) is 0 Å². The minimum atomic E-state index is 0.404. The molecular formula is C15H18N+. The van der Waals surface area contributed by atoms with Gasteiger partial charge in [-0.1, -0.05) is 60.2 Å². The molecule has 2 N–H and O–H groups in total. The number of nitrogens with two attached hydrogens (primary N) is 1. The smallest absolute Gasteiger partial charge is 0.137 e. The number of aryl methyl sites for hydroxylation is 1. The number of quaternary nitrogens is 1. The average Bonchev–Trinajstić information content (AvgIpc) is 2.34. The molecule has 2 aromatic rings. The van der Waals surface area contributed by atoms with E-state index in [1.807, 2.05) is 0 Å². The van der Waals surface area contributed by atoms with Crippen molar-refractivity contribution in [1.29, 1.82) is 0 Å². The van der Waals surface area contributed by atoms with Crippen LogP contribution in [-0.4, -0.2) is 7.05 Å². The van der Waals surface area contributed by atoms with Crippen LogP contribution in [0.5, 0.6) is 0 Å². The van der Waals surface area contributed by atoms with Gasteiger partial charge in [0.15, 0.2) is 0 Å². The third-order valence-corrected chi connectivity index (χ3v) is 2.93. The summed E-state index contributed by atoms with van der Waals surface area (Å²) in [6, 6.07) is 19.8. The summed E-state index contributed by atoms with van der Waals surface area (Å²) < 4.78 is 0. The molecule has 0 radical (unpaired) electrons. The highest BCUT2D eigenvalue weighted by Gasteiger charge is 2.14. The van der Waals surface area contributed by atoms with Crippen LogP contribution in [0.2, 0.25) is 0 Å². The number of rotatable bonds is 3. The van der Waals surface area contributed by atoms with Crippen LogP contribution in [0.3, 0.4) is 0 Å². The average molecular weight is 212 g/mol. The Morgan fingerprint density at radius 1 is 0.812 bits per heavy atom. The zero-order valence-corrected chi connectivity index (χ0v) is 9.85. The summed E-state index contributed by atoms with van der Waals surface area (Å²) in [5.41, 5.74) is 4.03. The molecule has 16 heavy (non-hydrogen) atoms. The molecule has 0 heterocycles. The molecule has 0 spiro atoms. The lowest BCUT2D eigenvalue weighted by Crippen LogP contribution is -2.81. The van der Waals surface area contributed by atoms with Crippen molar-refractivity contribution in [3.05, 3.63) is 71.3 Å². The van der Waals surface area contributed by atoms with Gasteiger partial charge in [0.2, 0.25) is 0 Å². The topological polar surface area (TPSA) is 16.6 Å². The minimum Gasteiger partial charge on any atom is -0.339 e. The lowest BCUT2D eigenvalue weighted by molar-refractivity contribution is -0.660. The van der Waals surface area contributed by atoms with Crippen molar-refractivity contribution in [2.45, 2.75) is 13.0 Å². The lowest BCUT2D eigenvalue weighted by Gasteiger charge is -2.14. The Morgan fingerprint density at radius 3 is 1.94 bits per heavy atom. The number of hydrogen-bond donors (Lipinski definition) is 1. The lowest BCUT2D eigenvalue weighted by atomic mass is 9.98. The summed E-state index contributed by atoms with van der Waals surface area (Å²) in [7, 11) is 2.12. The van der Waals surface area contributed by atoms with Crippen molar-refractivity contribution in [1.82, 2.24) is 0 Å². The van der Waals surface area contributed by atoms with Gasteiger partial charge in [0.1, 0.15) is 6.04 Å². The van der Waals surface area contributed by atoms with E-state index in [1.54, 1.807) is 0 Å². The number of benzene rings is 2. The van der Waals surface area contributed by atoms with Crippen LogP contribution in [0.1, 0.15) is 22.7 Å². The molecule has 0 bridgehead atoms. The van der Waals surface area contributed by atoms with Gasteiger partial charge in [-0.15, -0.1) is 0 Å². The van der Waals surface area contributed by atoms with Crippen molar-refractivity contribution in [3.63, 3.8) is 0 Å². The summed E-state index contributed by atoms with van der Waals surface area (Å²) in [5.74, 6) is 0. The fourth-order valence-corrected chi connectivity index (χ4v) is 2.01. The predicted molar refractivity (Wildman–Crippen MR) is 67.3 cm³/mol. The maximum atomic E-state index is 2.25. The molecular weight excluding hydrogens is 194 g/mol. The second-order valence-corrected chi connectivity index (χ2v) is 4.13. The molecule has 2 rings (SSSR count). The Labute approximate surface area is 97.1 Å². The molecule has 0 aliphatic heterocycles. The normalized spacial score (nSPS) is 12.4. The SMILES string of the molecule is C[NH2+]C(c1ccccc1)c1ccc(C)cc1. The molecule has 1 heteroatoms. The number of hydrogen-bond acceptors (Lipinski definition) is 0. The van der Waals surface area contributed by atoms with Gasteiger partial charge in [-0.05, 0) is 6.92 Å². The monoisotopic (exact) mass is 212 g/mol. The molecule has 0 saturated heterocycles. The molecule has 1 nitrogen and oxygen atoms in total. The quantitative estimate of drug-likeness (QED) is 0.804. The van der Waals surface area contributed by atoms with Crippen LogP contribution < -0.4 is 5.32 Å². The highest BCUT2D eigenvalue weighted by atomic mass is 14.9. The van der Waals surface area contributed by atoms with Gasteiger partial charge in [0.25, 0.3) is 0 Å². The van der Waals surface area contributed by atoms with Gasteiger partial charge < -0.3 is 5.32 Å². The molecule has 1 unspecified atom stereocenters. The summed E-state index contributed by atoms with van der Waals surface area (Å²) in [4.78, 5) is 0. The van der Waals surface area contributed by atoms with E-state index in [2.05, 4.69) is 73.9 Å². The van der Waals surface area contributed by atoms with E-state index in [9.17, 15) is 0 Å². The molecule has 1 atom stereocenters. The Hall–Kier alpha value is -1.60. The van der Waals surface area contributed by atoms with Crippen molar-refractivity contribution < 1.29 is 5.32 Å². The minimum absolute atomic E-state index is 0.404. The molecule has 0 fully saturated rings. The first-order valence-corrected chi connectivity index (χ1v) is 5.72. The van der Waals surface area contributed by atoms with Crippen LogP contribution >= 0.6 is 0 Å². The Kier molecular flexibility index (Phi) is 3.37. The summed E-state index contributed by atoms with van der Waals surface area (Å²) in [5, 5.41) is 2.25. The first-order chi connectivity index (χ1) is 7.81. The maximum absolute atomic E-state index is 2.25. The van der Waals surface area contributed by atoms with E-state index >= 15 is 0 Å². The van der Waals surface area contributed by atoms with Crippen molar-refractivity contribution in [2.24, 2.45) is 0 Å². The third kappa shape index (κ3) is 2.31. The third-order valence-electron chi connectivity index (χ3n) is 2.93. The summed E-state index contributed by atoms with van der Waals surface area (Å²) in [6.07, 6.45) is 0. The second kappa shape index (κ2) is 4.95. The Balaban J connectivity index is 2.33. The van der Waals surface area contributed by atoms with Crippen molar-refractivity contribution >= 4 is 0 Å². The van der Waals surface area contributed by atoms with E-state index in [0.717, 1.165) is 0 Å². The van der Waals surface area contributed by atoms with Crippen LogP contribution in [0, 0.1) is 6.92 Å². The van der Waals surface area contributed by atoms with Gasteiger partial charge in [0, 0.05) is 11.1 Å². The highest BCUT2D eigenvalue weighted by Crippen LogP contribution is 2.18. The van der Waals surface area contributed by atoms with E-state index in [-0.39, 0.29) is 0 Å². The van der Waals surface area contributed by atoms with Crippen LogP contribution in [0.25, 0.3) is 0 Å². The van der Waals surface area contributed by atoms with Gasteiger partial charge in [-0.25, -0.2) is 0 Å². The summed E-state index contributed by atoms with van der Waals surface area (Å²) in [6.45, 7) is 2.12. The molecule has 0 amide bonds. The van der Waals surface area contributed by atoms with Gasteiger partial charge in [-0.3, -0.25) is 0 Å². The van der Waals surface area contributed by atoms with Crippen LogP contribution in [0.15, 0.2) is 54.6 Å². The van der Waals surface area contributed by atoms with Gasteiger partial charge in [0.05, 0.1) is 7.05 Å². The second-order valence-electron chi connectivity index (χ2n) is 4.13. The fraction of sp³-hybridized carbons (Fsp3) is 0.200. The van der Waals surface area contributed by atoms with Gasteiger partial charge >= 0.3 is 0 Å². The highest BCUT2D eigenvalue weighted by molar-refractivity contribution is 5.31. The predicted octanol–water partition coefficient (Wildman–Crippen LogP) is 2.28. The first kappa shape index (κ1) is 10.9. The molecule has 0 aliphatic carbocycles. The first-order valence-electron chi connectivity index (χ1n) is 5.72. The fourth-order valence-electron chi connectivity index (χ4n) is 2.01. The molecule has 0 aliphatic rings. The Bertz CT molecular complexity index is 431. The summed E-state index contributed by atoms with van der Waals surface area (Å²) >= 11 is 0. The molecule has 82 valence electrons. The Morgan fingerprint density at radius 2 is 1.38 bits per heavy atom. The van der Waals surface area contributed by atoms with Crippen LogP contribution in [0.4, 0.5) is 0 Å². The molecule has 2 aromatic carbocycles. The van der Waals surface area contributed by atoms with Crippen LogP contribution in [-0.2, 0) is 0 Å². The van der Waals surface area contributed by atoms with Crippen molar-refractivity contribution in [2.75, 3.05) is 7.05 Å². The zero-order valence-electron chi connectivity index (χ0n) is 9.85. The molecule has 0 saturated carbocycles. The maximum Gasteiger partial charge on any atom is 0.137 e.